The number of amides is 1. The first kappa shape index (κ1) is 24.6. The molecule has 1 amide bonds. The van der Waals surface area contributed by atoms with Crippen LogP contribution in [0.3, 0.4) is 0 Å². The monoisotopic (exact) mass is 484 g/mol. The number of carbonyl (C=O) groups excluding carboxylic acids is 1. The minimum Gasteiger partial charge on any atom is -0.378 e. The van der Waals surface area contributed by atoms with Gasteiger partial charge in [-0.05, 0) is 25.8 Å². The predicted octanol–water partition coefficient (Wildman–Crippen LogP) is 3.76. The zero-order valence-corrected chi connectivity index (χ0v) is 20.0. The summed E-state index contributed by atoms with van der Waals surface area (Å²) in [7, 11) is 1.56. The van der Waals surface area contributed by atoms with Gasteiger partial charge in [0.1, 0.15) is 17.5 Å². The molecule has 0 unspecified atom stereocenters. The van der Waals surface area contributed by atoms with Gasteiger partial charge in [0.05, 0.1) is 53.6 Å². The molecule has 2 aliphatic rings. The molecule has 5 rings (SSSR count). The fraction of sp³-hybridized carbons (Fsp3) is 0.400. The first-order chi connectivity index (χ1) is 17.0. The average molecular weight is 485 g/mol. The lowest BCUT2D eigenvalue weighted by Gasteiger charge is -2.29. The maximum absolute atomic E-state index is 14.9. The predicted molar refractivity (Wildman–Crippen MR) is 134 cm³/mol. The molecule has 3 aromatic rings. The maximum atomic E-state index is 14.9. The lowest BCUT2D eigenvalue weighted by Crippen LogP contribution is -2.36. The van der Waals surface area contributed by atoms with Crippen LogP contribution < -0.4 is 20.4 Å². The highest BCUT2D eigenvalue weighted by Gasteiger charge is 2.22. The van der Waals surface area contributed by atoms with E-state index >= 15 is 0 Å². The number of rotatable bonds is 5. The number of morpholine rings is 1. The van der Waals surface area contributed by atoms with E-state index < -0.39 is 11.6 Å². The fourth-order valence-electron chi connectivity index (χ4n) is 4.42. The molecule has 0 bridgehead atoms. The van der Waals surface area contributed by atoms with E-state index in [1.54, 1.807) is 13.2 Å². The largest absolute Gasteiger partial charge is 0.378 e. The number of ether oxygens (including phenoxy) is 1. The van der Waals surface area contributed by atoms with Crippen molar-refractivity contribution in [3.8, 4) is 0 Å². The van der Waals surface area contributed by atoms with Crippen molar-refractivity contribution >= 4 is 40.2 Å². The van der Waals surface area contributed by atoms with Crippen LogP contribution in [0.25, 0.3) is 10.9 Å². The van der Waals surface area contributed by atoms with Gasteiger partial charge >= 0.3 is 0 Å². The number of nitrogens with zero attached hydrogens (tertiary/aromatic N) is 4. The van der Waals surface area contributed by atoms with Crippen LogP contribution in [0.2, 0.25) is 0 Å². The Labute approximate surface area is 203 Å². The van der Waals surface area contributed by atoms with E-state index in [-0.39, 0.29) is 0 Å². The van der Waals surface area contributed by atoms with Crippen LogP contribution in [0.1, 0.15) is 18.4 Å². The molecule has 2 N–H and O–H groups in total. The van der Waals surface area contributed by atoms with Gasteiger partial charge < -0.3 is 25.2 Å². The molecule has 2 aromatic heterocycles. The van der Waals surface area contributed by atoms with E-state index in [2.05, 4.69) is 30.4 Å². The van der Waals surface area contributed by atoms with Gasteiger partial charge in [0.25, 0.3) is 0 Å². The van der Waals surface area contributed by atoms with Gasteiger partial charge in [-0.2, -0.15) is 0 Å². The van der Waals surface area contributed by atoms with Gasteiger partial charge in [0.2, 0.25) is 6.41 Å². The molecule has 2 fully saturated rings. The number of nitrogens with one attached hydrogen (secondary N) is 2. The molecular weight excluding hydrogens is 454 g/mol. The molecular formula is C25H30F2N6O2. The van der Waals surface area contributed by atoms with Gasteiger partial charge in [-0.3, -0.25) is 9.78 Å². The number of anilines is 4. The van der Waals surface area contributed by atoms with Gasteiger partial charge in [0.15, 0.2) is 0 Å². The Bertz CT molecular complexity index is 1180. The maximum Gasteiger partial charge on any atom is 0.206 e. The van der Waals surface area contributed by atoms with E-state index in [4.69, 9.17) is 9.53 Å². The molecule has 0 radical (unpaired) electrons. The normalized spacial score (nSPS) is 15.5. The summed E-state index contributed by atoms with van der Waals surface area (Å²) in [6, 6.07) is 4.21. The molecule has 10 heteroatoms. The summed E-state index contributed by atoms with van der Waals surface area (Å²) in [4.78, 5) is 22.5. The molecule has 0 aliphatic carbocycles. The van der Waals surface area contributed by atoms with Crippen LogP contribution in [0.15, 0.2) is 30.6 Å². The SMILES string of the molecule is CNC=O.Cc1c(N2CCCC2)nc2cc(F)cc(F)c2c1Nc1cncc(N2CCOCC2)c1. The summed E-state index contributed by atoms with van der Waals surface area (Å²) in [5.41, 5.74) is 3.48. The van der Waals surface area contributed by atoms with Crippen molar-refractivity contribution in [3.05, 3.63) is 47.8 Å². The minimum atomic E-state index is -0.629. The first-order valence-electron chi connectivity index (χ1n) is 11.7. The Balaban J connectivity index is 0.000000672. The summed E-state index contributed by atoms with van der Waals surface area (Å²) in [5, 5.41) is 5.91. The van der Waals surface area contributed by atoms with Crippen LogP contribution in [0.5, 0.6) is 0 Å². The van der Waals surface area contributed by atoms with E-state index in [9.17, 15) is 8.78 Å². The molecule has 8 nitrogen and oxygen atoms in total. The van der Waals surface area contributed by atoms with Crippen LogP contribution >= 0.6 is 0 Å². The van der Waals surface area contributed by atoms with Gasteiger partial charge in [-0.25, -0.2) is 13.8 Å². The standard InChI is InChI=1S/C23H25F2N5O.C2H5NO/c1-15-22(27-17-12-18(14-26-13-17)29-6-8-31-9-7-29)21-19(25)10-16(24)11-20(21)28-23(15)30-4-2-3-5-30;1-3-2-4/h10-14H,2-9H2,1H3,(H,27,28);2H,1H3,(H,3,4). The molecule has 1 aromatic carbocycles. The van der Waals surface area contributed by atoms with Crippen molar-refractivity contribution in [1.29, 1.82) is 0 Å². The summed E-state index contributed by atoms with van der Waals surface area (Å²) in [6.45, 7) is 6.69. The topological polar surface area (TPSA) is 82.6 Å². The summed E-state index contributed by atoms with van der Waals surface area (Å²) >= 11 is 0. The molecule has 0 atom stereocenters. The van der Waals surface area contributed by atoms with Crippen molar-refractivity contribution in [2.24, 2.45) is 0 Å². The zero-order chi connectivity index (χ0) is 24.8. The number of benzene rings is 1. The van der Waals surface area contributed by atoms with Crippen molar-refractivity contribution in [3.63, 3.8) is 0 Å². The highest BCUT2D eigenvalue weighted by Crippen LogP contribution is 2.37. The van der Waals surface area contributed by atoms with Gasteiger partial charge in [0, 0.05) is 50.9 Å². The zero-order valence-electron chi connectivity index (χ0n) is 20.0. The lowest BCUT2D eigenvalue weighted by molar-refractivity contribution is -0.109. The number of hydrogen-bond donors (Lipinski definition) is 2. The molecule has 2 aliphatic heterocycles. The van der Waals surface area contributed by atoms with E-state index in [1.807, 2.05) is 19.2 Å². The Hall–Kier alpha value is -3.53. The second-order valence-electron chi connectivity index (χ2n) is 8.47. The van der Waals surface area contributed by atoms with Crippen LogP contribution in [-0.2, 0) is 9.53 Å². The number of aromatic nitrogens is 2. The molecule has 186 valence electrons. The van der Waals surface area contributed by atoms with Crippen molar-refractivity contribution in [2.75, 3.05) is 61.6 Å². The Kier molecular flexibility index (Phi) is 7.91. The van der Waals surface area contributed by atoms with E-state index in [1.165, 1.54) is 6.07 Å². The lowest BCUT2D eigenvalue weighted by atomic mass is 10.1. The Morgan fingerprint density at radius 3 is 2.43 bits per heavy atom. The number of halogens is 2. The molecule has 35 heavy (non-hydrogen) atoms. The van der Waals surface area contributed by atoms with Crippen LogP contribution in [0, 0.1) is 18.6 Å². The quantitative estimate of drug-likeness (QED) is 0.534. The number of fused-ring (bicyclic) bond motifs is 1. The molecule has 2 saturated heterocycles. The van der Waals surface area contributed by atoms with Gasteiger partial charge in [-0.15, -0.1) is 0 Å². The van der Waals surface area contributed by atoms with E-state index in [0.29, 0.717) is 36.2 Å². The average Bonchev–Trinajstić information content (AvgIpc) is 3.41. The Morgan fingerprint density at radius 2 is 1.74 bits per heavy atom. The van der Waals surface area contributed by atoms with Crippen molar-refractivity contribution in [2.45, 2.75) is 19.8 Å². The molecule has 0 spiro atoms. The van der Waals surface area contributed by atoms with Crippen molar-refractivity contribution in [1.82, 2.24) is 15.3 Å². The third-order valence-corrected chi connectivity index (χ3v) is 6.11. The van der Waals surface area contributed by atoms with Crippen LogP contribution in [0.4, 0.5) is 31.7 Å². The number of hydrogen-bond acceptors (Lipinski definition) is 7. The minimum absolute atomic E-state index is 0.290. The third kappa shape index (κ3) is 5.59. The second kappa shape index (κ2) is 11.3. The summed E-state index contributed by atoms with van der Waals surface area (Å²) in [5.74, 6) is -0.483. The second-order valence-corrected chi connectivity index (χ2v) is 8.47. The van der Waals surface area contributed by atoms with E-state index in [0.717, 1.165) is 67.8 Å². The fourth-order valence-corrected chi connectivity index (χ4v) is 4.42. The summed E-state index contributed by atoms with van der Waals surface area (Å²) in [6.07, 6.45) is 6.34. The van der Waals surface area contributed by atoms with Crippen LogP contribution in [-0.4, -0.2) is 62.8 Å². The number of pyridine rings is 2. The van der Waals surface area contributed by atoms with Crippen molar-refractivity contribution < 1.29 is 18.3 Å². The third-order valence-electron chi connectivity index (χ3n) is 6.11. The number of carbonyl (C=O) groups is 1. The highest BCUT2D eigenvalue weighted by molar-refractivity contribution is 5.97. The smallest absolute Gasteiger partial charge is 0.206 e. The highest BCUT2D eigenvalue weighted by atomic mass is 19.1. The molecule has 4 heterocycles. The van der Waals surface area contributed by atoms with Gasteiger partial charge in [-0.1, -0.05) is 0 Å². The molecule has 0 saturated carbocycles. The Morgan fingerprint density at radius 1 is 1.03 bits per heavy atom. The summed E-state index contributed by atoms with van der Waals surface area (Å²) < 4.78 is 34.3. The first-order valence-corrected chi connectivity index (χ1v) is 11.7.